The van der Waals surface area contributed by atoms with Crippen molar-refractivity contribution in [3.8, 4) is 6.07 Å². The Hall–Kier alpha value is -2.25. The topological polar surface area (TPSA) is 44.0 Å². The molecule has 0 aromatic heterocycles. The molecule has 96 valence electrons. The number of aliphatic hydroxyl groups is 1. The third kappa shape index (κ3) is 2.47. The predicted molar refractivity (Wildman–Crippen MR) is 66.2 cm³/mol. The van der Waals surface area contributed by atoms with Crippen LogP contribution in [0.1, 0.15) is 23.6 Å². The second-order valence-corrected chi connectivity index (χ2v) is 4.39. The van der Waals surface area contributed by atoms with Gasteiger partial charge >= 0.3 is 0 Å². The van der Waals surface area contributed by atoms with Gasteiger partial charge in [-0.2, -0.15) is 5.26 Å². The maximum atomic E-state index is 13.2. The van der Waals surface area contributed by atoms with Crippen molar-refractivity contribution in [2.24, 2.45) is 0 Å². The molecular formula is C15H11F2NO. The predicted octanol–water partition coefficient (Wildman–Crippen LogP) is 3.09. The van der Waals surface area contributed by atoms with E-state index in [1.807, 2.05) is 6.07 Å². The second-order valence-electron chi connectivity index (χ2n) is 4.39. The second kappa shape index (κ2) is 4.79. The minimum Gasteiger partial charge on any atom is -0.381 e. The van der Waals surface area contributed by atoms with E-state index in [-0.39, 0.29) is 5.56 Å². The molecule has 0 bridgehead atoms. The van der Waals surface area contributed by atoms with E-state index in [1.165, 1.54) is 13.0 Å². The van der Waals surface area contributed by atoms with E-state index in [9.17, 15) is 13.9 Å². The SMILES string of the molecule is CC(O)(c1ccc(C#N)cc1)c1ccc(F)c(F)c1. The molecule has 1 atom stereocenters. The molecule has 0 fully saturated rings. The molecule has 2 aromatic carbocycles. The summed E-state index contributed by atoms with van der Waals surface area (Å²) in [5.41, 5.74) is -0.249. The Balaban J connectivity index is 2.45. The van der Waals surface area contributed by atoms with Gasteiger partial charge in [-0.05, 0) is 42.3 Å². The lowest BCUT2D eigenvalue weighted by molar-refractivity contribution is 0.102. The van der Waals surface area contributed by atoms with Gasteiger partial charge in [-0.25, -0.2) is 8.78 Å². The van der Waals surface area contributed by atoms with E-state index in [0.29, 0.717) is 11.1 Å². The van der Waals surface area contributed by atoms with Gasteiger partial charge in [0.1, 0.15) is 5.60 Å². The zero-order valence-electron chi connectivity index (χ0n) is 10.2. The summed E-state index contributed by atoms with van der Waals surface area (Å²) in [7, 11) is 0. The zero-order chi connectivity index (χ0) is 14.0. The molecule has 0 aliphatic heterocycles. The molecule has 4 heteroatoms. The highest BCUT2D eigenvalue weighted by molar-refractivity contribution is 5.39. The number of benzene rings is 2. The van der Waals surface area contributed by atoms with Gasteiger partial charge in [-0.15, -0.1) is 0 Å². The molecule has 2 aromatic rings. The molecule has 0 saturated carbocycles. The van der Waals surface area contributed by atoms with Crippen molar-refractivity contribution in [2.45, 2.75) is 12.5 Å². The van der Waals surface area contributed by atoms with Gasteiger partial charge in [0, 0.05) is 0 Å². The monoisotopic (exact) mass is 259 g/mol. The Bertz CT molecular complexity index is 642. The molecule has 0 aliphatic carbocycles. The number of halogens is 2. The van der Waals surface area contributed by atoms with Crippen LogP contribution in [0.5, 0.6) is 0 Å². The summed E-state index contributed by atoms with van der Waals surface area (Å²) >= 11 is 0. The van der Waals surface area contributed by atoms with Crippen molar-refractivity contribution >= 4 is 0 Å². The molecule has 0 amide bonds. The van der Waals surface area contributed by atoms with Gasteiger partial charge in [0.25, 0.3) is 0 Å². The maximum absolute atomic E-state index is 13.2. The van der Waals surface area contributed by atoms with Crippen molar-refractivity contribution in [1.82, 2.24) is 0 Å². The van der Waals surface area contributed by atoms with Crippen LogP contribution in [0.2, 0.25) is 0 Å². The number of rotatable bonds is 2. The standard InChI is InChI=1S/C15H11F2NO/c1-15(19,11-4-2-10(9-18)3-5-11)12-6-7-13(16)14(17)8-12/h2-8,19H,1H3. The highest BCUT2D eigenvalue weighted by atomic mass is 19.2. The average molecular weight is 259 g/mol. The summed E-state index contributed by atoms with van der Waals surface area (Å²) in [5.74, 6) is -1.97. The first-order chi connectivity index (χ1) is 8.95. The quantitative estimate of drug-likeness (QED) is 0.900. The molecule has 1 unspecified atom stereocenters. The average Bonchev–Trinajstić information content (AvgIpc) is 2.41. The van der Waals surface area contributed by atoms with Crippen molar-refractivity contribution in [3.05, 3.63) is 70.8 Å². The molecule has 2 nitrogen and oxygen atoms in total. The third-order valence-corrected chi connectivity index (χ3v) is 3.06. The highest BCUT2D eigenvalue weighted by Gasteiger charge is 2.26. The summed E-state index contributed by atoms with van der Waals surface area (Å²) in [6.07, 6.45) is 0. The first-order valence-corrected chi connectivity index (χ1v) is 5.63. The van der Waals surface area contributed by atoms with E-state index >= 15 is 0 Å². The minimum absolute atomic E-state index is 0.246. The van der Waals surface area contributed by atoms with Crippen LogP contribution in [0.15, 0.2) is 42.5 Å². The van der Waals surface area contributed by atoms with Gasteiger partial charge < -0.3 is 5.11 Å². The molecule has 0 spiro atoms. The van der Waals surface area contributed by atoms with Gasteiger partial charge in [-0.1, -0.05) is 18.2 Å². The van der Waals surface area contributed by atoms with Crippen molar-refractivity contribution < 1.29 is 13.9 Å². The Morgan fingerprint density at radius 1 is 1.00 bits per heavy atom. The molecule has 0 heterocycles. The van der Waals surface area contributed by atoms with Crippen LogP contribution < -0.4 is 0 Å². The lowest BCUT2D eigenvalue weighted by Crippen LogP contribution is -2.23. The summed E-state index contributed by atoms with van der Waals surface area (Å²) in [6.45, 7) is 1.49. The fourth-order valence-electron chi connectivity index (χ4n) is 1.83. The number of hydrogen-bond donors (Lipinski definition) is 1. The van der Waals surface area contributed by atoms with Crippen LogP contribution in [-0.2, 0) is 5.60 Å². The minimum atomic E-state index is -1.46. The Morgan fingerprint density at radius 2 is 1.58 bits per heavy atom. The highest BCUT2D eigenvalue weighted by Crippen LogP contribution is 2.30. The Kier molecular flexibility index (Phi) is 3.32. The summed E-state index contributed by atoms with van der Waals surface area (Å²) < 4.78 is 26.1. The molecule has 0 aliphatic rings. The largest absolute Gasteiger partial charge is 0.381 e. The third-order valence-electron chi connectivity index (χ3n) is 3.06. The summed E-state index contributed by atoms with van der Waals surface area (Å²) in [5, 5.41) is 19.2. The van der Waals surface area contributed by atoms with Crippen LogP contribution in [0.4, 0.5) is 8.78 Å². The van der Waals surface area contributed by atoms with Gasteiger partial charge in [0.2, 0.25) is 0 Å². The Labute approximate surface area is 109 Å². The number of hydrogen-bond acceptors (Lipinski definition) is 2. The van der Waals surface area contributed by atoms with E-state index in [0.717, 1.165) is 12.1 Å². The van der Waals surface area contributed by atoms with E-state index < -0.39 is 17.2 Å². The lowest BCUT2D eigenvalue weighted by atomic mass is 9.88. The van der Waals surface area contributed by atoms with Gasteiger partial charge in [0.05, 0.1) is 11.6 Å². The zero-order valence-corrected chi connectivity index (χ0v) is 10.2. The smallest absolute Gasteiger partial charge is 0.159 e. The molecule has 1 N–H and O–H groups in total. The molecule has 0 radical (unpaired) electrons. The molecule has 19 heavy (non-hydrogen) atoms. The molecule has 2 rings (SSSR count). The normalized spacial score (nSPS) is 13.6. The summed E-state index contributed by atoms with van der Waals surface area (Å²) in [6, 6.07) is 11.5. The first kappa shape index (κ1) is 13.2. The molecular weight excluding hydrogens is 248 g/mol. The van der Waals surface area contributed by atoms with Crippen LogP contribution in [0.3, 0.4) is 0 Å². The van der Waals surface area contributed by atoms with Gasteiger partial charge in [-0.3, -0.25) is 0 Å². The van der Waals surface area contributed by atoms with Crippen molar-refractivity contribution in [3.63, 3.8) is 0 Å². The Morgan fingerprint density at radius 3 is 2.11 bits per heavy atom. The first-order valence-electron chi connectivity index (χ1n) is 5.63. The summed E-state index contributed by atoms with van der Waals surface area (Å²) in [4.78, 5) is 0. The van der Waals surface area contributed by atoms with E-state index in [4.69, 9.17) is 5.26 Å². The molecule has 0 saturated heterocycles. The number of nitriles is 1. The fraction of sp³-hybridized carbons (Fsp3) is 0.133. The van der Waals surface area contributed by atoms with Crippen molar-refractivity contribution in [1.29, 1.82) is 5.26 Å². The number of nitrogens with zero attached hydrogens (tertiary/aromatic N) is 1. The van der Waals surface area contributed by atoms with Crippen LogP contribution in [0, 0.1) is 23.0 Å². The fourth-order valence-corrected chi connectivity index (χ4v) is 1.83. The van der Waals surface area contributed by atoms with Crippen LogP contribution in [0.25, 0.3) is 0 Å². The van der Waals surface area contributed by atoms with Gasteiger partial charge in [0.15, 0.2) is 11.6 Å². The maximum Gasteiger partial charge on any atom is 0.159 e. The van der Waals surface area contributed by atoms with E-state index in [2.05, 4.69) is 0 Å². The van der Waals surface area contributed by atoms with Crippen LogP contribution in [-0.4, -0.2) is 5.11 Å². The van der Waals surface area contributed by atoms with Crippen LogP contribution >= 0.6 is 0 Å². The van der Waals surface area contributed by atoms with E-state index in [1.54, 1.807) is 24.3 Å². The lowest BCUT2D eigenvalue weighted by Gasteiger charge is -2.24. The van der Waals surface area contributed by atoms with Crippen molar-refractivity contribution in [2.75, 3.05) is 0 Å².